The number of aliphatic hydroxyl groups is 1. The number of nitrogens with zero attached hydrogens (tertiary/aromatic N) is 2. The second-order valence-corrected chi connectivity index (χ2v) is 4.85. The molecule has 7 heteroatoms. The van der Waals surface area contributed by atoms with Gasteiger partial charge in [-0.2, -0.15) is 0 Å². The summed E-state index contributed by atoms with van der Waals surface area (Å²) < 4.78 is 0. The number of hydrogen-bond donors (Lipinski definition) is 3. The Morgan fingerprint density at radius 1 is 1.21 bits per heavy atom. The molecule has 2 atom stereocenters. The van der Waals surface area contributed by atoms with Gasteiger partial charge in [0, 0.05) is 32.7 Å². The van der Waals surface area contributed by atoms with Crippen LogP contribution in [0.25, 0.3) is 0 Å². The number of hydrogen-bond acceptors (Lipinski definition) is 5. The first kappa shape index (κ1) is 15.9. The van der Waals surface area contributed by atoms with E-state index in [2.05, 4.69) is 10.2 Å². The molecule has 1 fully saturated rings. The van der Waals surface area contributed by atoms with Crippen LogP contribution in [0.15, 0.2) is 0 Å². The minimum Gasteiger partial charge on any atom is -0.480 e. The predicted octanol–water partition coefficient (Wildman–Crippen LogP) is -1.43. The molecule has 0 aromatic rings. The van der Waals surface area contributed by atoms with Crippen molar-refractivity contribution < 1.29 is 19.8 Å². The van der Waals surface area contributed by atoms with Crippen LogP contribution in [0.5, 0.6) is 0 Å². The minimum absolute atomic E-state index is 0.145. The third-order valence-electron chi connectivity index (χ3n) is 3.48. The molecule has 0 radical (unpaired) electrons. The van der Waals surface area contributed by atoms with Crippen molar-refractivity contribution in [2.45, 2.75) is 25.9 Å². The lowest BCUT2D eigenvalue weighted by atomic mass is 10.2. The molecule has 2 unspecified atom stereocenters. The van der Waals surface area contributed by atoms with Crippen molar-refractivity contribution in [3.05, 3.63) is 0 Å². The molecule has 0 saturated carbocycles. The molecule has 7 nitrogen and oxygen atoms in total. The smallest absolute Gasteiger partial charge is 0.325 e. The maximum atomic E-state index is 11.9. The van der Waals surface area contributed by atoms with E-state index < -0.39 is 12.0 Å². The van der Waals surface area contributed by atoms with Crippen LogP contribution < -0.4 is 5.32 Å². The van der Waals surface area contributed by atoms with Crippen molar-refractivity contribution in [3.63, 3.8) is 0 Å². The number of piperazine rings is 1. The zero-order valence-corrected chi connectivity index (χ0v) is 11.5. The molecule has 1 heterocycles. The largest absolute Gasteiger partial charge is 0.480 e. The molecule has 0 bridgehead atoms. The molecule has 110 valence electrons. The number of rotatable bonds is 6. The normalized spacial score (nSPS) is 20.8. The van der Waals surface area contributed by atoms with E-state index in [0.717, 1.165) is 26.2 Å². The summed E-state index contributed by atoms with van der Waals surface area (Å²) in [6.07, 6.45) is 0. The highest BCUT2D eigenvalue weighted by atomic mass is 16.4. The first-order chi connectivity index (χ1) is 8.95. The standard InChI is InChI=1S/C12H23N3O4/c1-9(12(18)19)13-11(17)10(2)15-5-3-14(4-6-15)7-8-16/h9-10,16H,3-8H2,1-2H3,(H,13,17)(H,18,19). The lowest BCUT2D eigenvalue weighted by molar-refractivity contribution is -0.142. The van der Waals surface area contributed by atoms with Gasteiger partial charge >= 0.3 is 5.97 Å². The van der Waals surface area contributed by atoms with Crippen molar-refractivity contribution in [1.82, 2.24) is 15.1 Å². The SMILES string of the molecule is CC(NC(=O)C(C)N1CCN(CCO)CC1)C(=O)O. The van der Waals surface area contributed by atoms with Gasteiger partial charge in [0.15, 0.2) is 0 Å². The number of nitrogens with one attached hydrogen (secondary N) is 1. The highest BCUT2D eigenvalue weighted by molar-refractivity contribution is 5.86. The summed E-state index contributed by atoms with van der Waals surface area (Å²) in [7, 11) is 0. The predicted molar refractivity (Wildman–Crippen MR) is 69.8 cm³/mol. The van der Waals surface area contributed by atoms with Gasteiger partial charge in [-0.05, 0) is 13.8 Å². The lowest BCUT2D eigenvalue weighted by Crippen LogP contribution is -2.55. The molecule has 1 amide bonds. The van der Waals surface area contributed by atoms with Crippen LogP contribution >= 0.6 is 0 Å². The van der Waals surface area contributed by atoms with Crippen LogP contribution in [-0.2, 0) is 9.59 Å². The molecule has 19 heavy (non-hydrogen) atoms. The number of aliphatic carboxylic acids is 1. The summed E-state index contributed by atoms with van der Waals surface area (Å²) in [4.78, 5) is 26.8. The minimum atomic E-state index is -1.03. The summed E-state index contributed by atoms with van der Waals surface area (Å²) in [6.45, 7) is 7.15. The quantitative estimate of drug-likeness (QED) is 0.550. The van der Waals surface area contributed by atoms with E-state index in [0.29, 0.717) is 6.54 Å². The average molecular weight is 273 g/mol. The van der Waals surface area contributed by atoms with E-state index in [4.69, 9.17) is 10.2 Å². The van der Waals surface area contributed by atoms with Crippen molar-refractivity contribution in [1.29, 1.82) is 0 Å². The molecular weight excluding hydrogens is 250 g/mol. The van der Waals surface area contributed by atoms with Gasteiger partial charge in [0.1, 0.15) is 6.04 Å². The van der Waals surface area contributed by atoms with Crippen LogP contribution in [0.1, 0.15) is 13.8 Å². The van der Waals surface area contributed by atoms with E-state index in [1.54, 1.807) is 6.92 Å². The summed E-state index contributed by atoms with van der Waals surface area (Å²) in [6, 6.07) is -1.20. The third-order valence-corrected chi connectivity index (χ3v) is 3.48. The summed E-state index contributed by atoms with van der Waals surface area (Å²) in [5.41, 5.74) is 0. The Morgan fingerprint density at radius 2 is 1.79 bits per heavy atom. The van der Waals surface area contributed by atoms with Crippen molar-refractivity contribution in [2.24, 2.45) is 0 Å². The number of carboxylic acids is 1. The van der Waals surface area contributed by atoms with Crippen LogP contribution in [0, 0.1) is 0 Å². The molecule has 0 aromatic heterocycles. The number of carbonyl (C=O) groups excluding carboxylic acids is 1. The second-order valence-electron chi connectivity index (χ2n) is 4.85. The maximum Gasteiger partial charge on any atom is 0.325 e. The summed E-state index contributed by atoms with van der Waals surface area (Å²) in [5.74, 6) is -1.29. The van der Waals surface area contributed by atoms with Crippen LogP contribution in [0.4, 0.5) is 0 Å². The van der Waals surface area contributed by atoms with E-state index in [1.807, 2.05) is 4.90 Å². The molecule has 1 saturated heterocycles. The first-order valence-corrected chi connectivity index (χ1v) is 6.56. The number of amides is 1. The Morgan fingerprint density at radius 3 is 2.26 bits per heavy atom. The number of carbonyl (C=O) groups is 2. The highest BCUT2D eigenvalue weighted by Gasteiger charge is 2.26. The van der Waals surface area contributed by atoms with Crippen molar-refractivity contribution in [2.75, 3.05) is 39.3 Å². The average Bonchev–Trinajstić information content (AvgIpc) is 2.39. The Hall–Kier alpha value is -1.18. The summed E-state index contributed by atoms with van der Waals surface area (Å²) in [5, 5.41) is 20.1. The number of β-amino-alcohol motifs (C(OH)–C–C–N with tert-alkyl or cyclic N) is 1. The lowest BCUT2D eigenvalue weighted by Gasteiger charge is -2.37. The van der Waals surface area contributed by atoms with Gasteiger partial charge in [-0.1, -0.05) is 0 Å². The molecular formula is C12H23N3O4. The summed E-state index contributed by atoms with van der Waals surface area (Å²) >= 11 is 0. The zero-order chi connectivity index (χ0) is 14.4. The highest BCUT2D eigenvalue weighted by Crippen LogP contribution is 2.06. The van der Waals surface area contributed by atoms with Gasteiger partial charge in [0.2, 0.25) is 5.91 Å². The van der Waals surface area contributed by atoms with Crippen LogP contribution in [0.2, 0.25) is 0 Å². The second kappa shape index (κ2) is 7.42. The fraction of sp³-hybridized carbons (Fsp3) is 0.833. The van der Waals surface area contributed by atoms with E-state index >= 15 is 0 Å². The molecule has 3 N–H and O–H groups in total. The van der Waals surface area contributed by atoms with Crippen molar-refractivity contribution >= 4 is 11.9 Å². The van der Waals surface area contributed by atoms with Crippen LogP contribution in [0.3, 0.4) is 0 Å². The fourth-order valence-corrected chi connectivity index (χ4v) is 2.08. The Kier molecular flexibility index (Phi) is 6.20. The molecule has 1 aliphatic rings. The molecule has 1 aliphatic heterocycles. The van der Waals surface area contributed by atoms with Gasteiger partial charge in [0.25, 0.3) is 0 Å². The molecule has 0 aliphatic carbocycles. The Balaban J connectivity index is 2.39. The fourth-order valence-electron chi connectivity index (χ4n) is 2.08. The molecule has 0 spiro atoms. The van der Waals surface area contributed by atoms with Gasteiger partial charge in [-0.25, -0.2) is 0 Å². The van der Waals surface area contributed by atoms with Crippen molar-refractivity contribution in [3.8, 4) is 0 Å². The Bertz CT molecular complexity index is 316. The van der Waals surface area contributed by atoms with Gasteiger partial charge < -0.3 is 15.5 Å². The zero-order valence-electron chi connectivity index (χ0n) is 11.5. The number of carboxylic acid groups (broad SMARTS) is 1. The van der Waals surface area contributed by atoms with Crippen LogP contribution in [-0.4, -0.2) is 83.3 Å². The van der Waals surface area contributed by atoms with Gasteiger partial charge in [-0.15, -0.1) is 0 Å². The number of aliphatic hydroxyl groups excluding tert-OH is 1. The third kappa shape index (κ3) is 4.77. The van der Waals surface area contributed by atoms with E-state index in [9.17, 15) is 9.59 Å². The van der Waals surface area contributed by atoms with E-state index in [1.165, 1.54) is 6.92 Å². The molecule has 0 aromatic carbocycles. The Labute approximate surface area is 113 Å². The van der Waals surface area contributed by atoms with Gasteiger partial charge in [0.05, 0.1) is 12.6 Å². The topological polar surface area (TPSA) is 93.1 Å². The van der Waals surface area contributed by atoms with E-state index in [-0.39, 0.29) is 18.6 Å². The molecule has 1 rings (SSSR count). The monoisotopic (exact) mass is 273 g/mol. The van der Waals surface area contributed by atoms with Gasteiger partial charge in [-0.3, -0.25) is 19.4 Å². The first-order valence-electron chi connectivity index (χ1n) is 6.56. The maximum absolute atomic E-state index is 11.9.